The summed E-state index contributed by atoms with van der Waals surface area (Å²) in [7, 11) is -3.87. The average molecular weight is 398 g/mol. The van der Waals surface area contributed by atoms with Crippen LogP contribution in [0, 0.1) is 6.92 Å². The highest BCUT2D eigenvalue weighted by Crippen LogP contribution is 2.35. The van der Waals surface area contributed by atoms with Gasteiger partial charge >= 0.3 is 0 Å². The maximum absolute atomic E-state index is 13.1. The summed E-state index contributed by atoms with van der Waals surface area (Å²) < 4.78 is 28.0. The molecule has 0 saturated heterocycles. The molecule has 0 bridgehead atoms. The SMILES string of the molecule is Cc1ccc(S(=O)(=O)Nc2cccc3c2C(=O)N(C2CCCCC2)C3=O)cc1. The number of nitrogens with zero attached hydrogens (tertiary/aromatic N) is 1. The monoisotopic (exact) mass is 398 g/mol. The van der Waals surface area contributed by atoms with Crippen LogP contribution in [0.4, 0.5) is 5.69 Å². The number of carbonyl (C=O) groups excluding carboxylic acids is 2. The number of amides is 2. The van der Waals surface area contributed by atoms with Crippen LogP contribution in [0.5, 0.6) is 0 Å². The van der Waals surface area contributed by atoms with E-state index >= 15 is 0 Å². The van der Waals surface area contributed by atoms with Crippen molar-refractivity contribution in [2.24, 2.45) is 0 Å². The Morgan fingerprint density at radius 1 is 0.929 bits per heavy atom. The van der Waals surface area contributed by atoms with Gasteiger partial charge in [0.15, 0.2) is 0 Å². The van der Waals surface area contributed by atoms with Gasteiger partial charge in [0, 0.05) is 6.04 Å². The van der Waals surface area contributed by atoms with Crippen molar-refractivity contribution in [1.82, 2.24) is 4.90 Å². The number of carbonyl (C=O) groups is 2. The van der Waals surface area contributed by atoms with Crippen LogP contribution in [0.3, 0.4) is 0 Å². The van der Waals surface area contributed by atoms with E-state index in [0.29, 0.717) is 0 Å². The van der Waals surface area contributed by atoms with Gasteiger partial charge in [-0.05, 0) is 44.0 Å². The first kappa shape index (κ1) is 18.7. The molecule has 2 aromatic carbocycles. The Morgan fingerprint density at radius 3 is 2.29 bits per heavy atom. The van der Waals surface area contributed by atoms with E-state index in [2.05, 4.69) is 4.72 Å². The number of hydrogen-bond acceptors (Lipinski definition) is 4. The third-order valence-electron chi connectivity index (χ3n) is 5.46. The third-order valence-corrected chi connectivity index (χ3v) is 6.84. The minimum atomic E-state index is -3.87. The van der Waals surface area contributed by atoms with Crippen LogP contribution < -0.4 is 4.72 Å². The van der Waals surface area contributed by atoms with Gasteiger partial charge in [0.25, 0.3) is 21.8 Å². The van der Waals surface area contributed by atoms with Crippen molar-refractivity contribution in [2.45, 2.75) is 50.0 Å². The topological polar surface area (TPSA) is 83.6 Å². The van der Waals surface area contributed by atoms with Gasteiger partial charge in [-0.2, -0.15) is 0 Å². The molecule has 28 heavy (non-hydrogen) atoms. The maximum atomic E-state index is 13.1. The highest BCUT2D eigenvalue weighted by atomic mass is 32.2. The molecule has 2 aromatic rings. The minimum absolute atomic E-state index is 0.108. The summed E-state index contributed by atoms with van der Waals surface area (Å²) >= 11 is 0. The van der Waals surface area contributed by atoms with E-state index < -0.39 is 15.9 Å². The maximum Gasteiger partial charge on any atom is 0.263 e. The number of anilines is 1. The average Bonchev–Trinajstić information content (AvgIpc) is 2.94. The zero-order valence-electron chi connectivity index (χ0n) is 15.6. The van der Waals surface area contributed by atoms with Crippen LogP contribution in [0.2, 0.25) is 0 Å². The zero-order chi connectivity index (χ0) is 19.9. The first-order chi connectivity index (χ1) is 13.4. The normalized spacial score (nSPS) is 17.7. The number of imide groups is 1. The lowest BCUT2D eigenvalue weighted by molar-refractivity contribution is 0.0549. The fourth-order valence-electron chi connectivity index (χ4n) is 3.98. The molecule has 0 radical (unpaired) electrons. The molecule has 1 fully saturated rings. The Kier molecular flexibility index (Phi) is 4.71. The molecular weight excluding hydrogens is 376 g/mol. The second-order valence-electron chi connectivity index (χ2n) is 7.42. The van der Waals surface area contributed by atoms with Crippen LogP contribution in [0.15, 0.2) is 47.4 Å². The molecule has 1 aliphatic heterocycles. The van der Waals surface area contributed by atoms with E-state index in [9.17, 15) is 18.0 Å². The van der Waals surface area contributed by atoms with Crippen molar-refractivity contribution in [3.63, 3.8) is 0 Å². The Bertz CT molecular complexity index is 1040. The molecule has 4 rings (SSSR count). The minimum Gasteiger partial charge on any atom is -0.279 e. The largest absolute Gasteiger partial charge is 0.279 e. The zero-order valence-corrected chi connectivity index (χ0v) is 16.5. The van der Waals surface area contributed by atoms with Crippen LogP contribution in [0.25, 0.3) is 0 Å². The lowest BCUT2D eigenvalue weighted by atomic mass is 9.94. The highest BCUT2D eigenvalue weighted by molar-refractivity contribution is 7.92. The van der Waals surface area contributed by atoms with E-state index in [1.54, 1.807) is 24.3 Å². The smallest absolute Gasteiger partial charge is 0.263 e. The Balaban J connectivity index is 1.68. The van der Waals surface area contributed by atoms with E-state index in [1.165, 1.54) is 23.1 Å². The van der Waals surface area contributed by atoms with Gasteiger partial charge in [-0.15, -0.1) is 0 Å². The summed E-state index contributed by atoms with van der Waals surface area (Å²) in [5.74, 6) is -0.739. The molecule has 1 aliphatic carbocycles. The number of benzene rings is 2. The van der Waals surface area contributed by atoms with Gasteiger partial charge in [-0.1, -0.05) is 43.0 Å². The molecular formula is C21H22N2O4S. The van der Waals surface area contributed by atoms with Crippen molar-refractivity contribution in [3.8, 4) is 0 Å². The van der Waals surface area contributed by atoms with E-state index in [4.69, 9.17) is 0 Å². The number of hydrogen-bond donors (Lipinski definition) is 1. The second kappa shape index (κ2) is 7.05. The van der Waals surface area contributed by atoms with Gasteiger partial charge in [0.2, 0.25) is 0 Å². The summed E-state index contributed by atoms with van der Waals surface area (Å²) in [5, 5.41) is 0. The summed E-state index contributed by atoms with van der Waals surface area (Å²) in [4.78, 5) is 27.4. The van der Waals surface area contributed by atoms with Crippen molar-refractivity contribution >= 4 is 27.5 Å². The first-order valence-corrected chi connectivity index (χ1v) is 11.0. The highest BCUT2D eigenvalue weighted by Gasteiger charge is 2.42. The van der Waals surface area contributed by atoms with Crippen LogP contribution in [-0.4, -0.2) is 31.2 Å². The molecule has 0 aromatic heterocycles. The van der Waals surface area contributed by atoms with Crippen LogP contribution >= 0.6 is 0 Å². The molecule has 2 amide bonds. The number of nitrogens with one attached hydrogen (secondary N) is 1. The summed E-state index contributed by atoms with van der Waals surface area (Å²) in [6.45, 7) is 1.87. The fourth-order valence-corrected chi connectivity index (χ4v) is 5.05. The molecule has 2 aliphatic rings. The van der Waals surface area contributed by atoms with E-state index in [1.807, 2.05) is 6.92 Å². The lowest BCUT2D eigenvalue weighted by Gasteiger charge is -2.29. The Labute approximate surface area is 164 Å². The number of aryl methyl sites for hydroxylation is 1. The molecule has 1 N–H and O–H groups in total. The van der Waals surface area contributed by atoms with Crippen LogP contribution in [0.1, 0.15) is 58.4 Å². The van der Waals surface area contributed by atoms with Crippen molar-refractivity contribution in [2.75, 3.05) is 4.72 Å². The fraction of sp³-hybridized carbons (Fsp3) is 0.333. The van der Waals surface area contributed by atoms with E-state index in [-0.39, 0.29) is 33.7 Å². The molecule has 7 heteroatoms. The molecule has 0 atom stereocenters. The molecule has 0 spiro atoms. The number of fused-ring (bicyclic) bond motifs is 1. The van der Waals surface area contributed by atoms with Gasteiger partial charge in [-0.3, -0.25) is 19.2 Å². The second-order valence-corrected chi connectivity index (χ2v) is 9.10. The van der Waals surface area contributed by atoms with Gasteiger partial charge < -0.3 is 0 Å². The third kappa shape index (κ3) is 3.20. The number of sulfonamides is 1. The number of rotatable bonds is 4. The van der Waals surface area contributed by atoms with Crippen molar-refractivity contribution < 1.29 is 18.0 Å². The van der Waals surface area contributed by atoms with Gasteiger partial charge in [0.1, 0.15) is 0 Å². The first-order valence-electron chi connectivity index (χ1n) is 9.49. The Hall–Kier alpha value is -2.67. The molecule has 146 valence electrons. The predicted octanol–water partition coefficient (Wildman–Crippen LogP) is 3.72. The summed E-state index contributed by atoms with van der Waals surface area (Å²) in [6, 6.07) is 11.1. The molecule has 1 heterocycles. The van der Waals surface area contributed by atoms with E-state index in [0.717, 1.165) is 37.7 Å². The van der Waals surface area contributed by atoms with Gasteiger partial charge in [0.05, 0.1) is 21.7 Å². The molecule has 0 unspecified atom stereocenters. The van der Waals surface area contributed by atoms with Crippen LogP contribution in [-0.2, 0) is 10.0 Å². The molecule has 1 saturated carbocycles. The molecule has 6 nitrogen and oxygen atoms in total. The van der Waals surface area contributed by atoms with Gasteiger partial charge in [-0.25, -0.2) is 8.42 Å². The predicted molar refractivity (Wildman–Crippen MR) is 106 cm³/mol. The van der Waals surface area contributed by atoms with Crippen molar-refractivity contribution in [1.29, 1.82) is 0 Å². The van der Waals surface area contributed by atoms with Crippen molar-refractivity contribution in [3.05, 3.63) is 59.2 Å². The lowest BCUT2D eigenvalue weighted by Crippen LogP contribution is -2.41. The standard InChI is InChI=1S/C21H22N2O4S/c1-14-10-12-16(13-11-14)28(26,27)22-18-9-5-8-17-19(18)21(25)23(20(17)24)15-6-3-2-4-7-15/h5,8-13,15,22H,2-4,6-7H2,1H3. The summed E-state index contributed by atoms with van der Waals surface area (Å²) in [6.07, 6.45) is 4.70. The quantitative estimate of drug-likeness (QED) is 0.796. The summed E-state index contributed by atoms with van der Waals surface area (Å²) in [5.41, 5.74) is 1.51. The Morgan fingerprint density at radius 2 is 1.61 bits per heavy atom.